The van der Waals surface area contributed by atoms with Gasteiger partial charge in [0.15, 0.2) is 0 Å². The van der Waals surface area contributed by atoms with E-state index in [0.29, 0.717) is 11.5 Å². The van der Waals surface area contributed by atoms with Crippen LogP contribution in [0.1, 0.15) is 57.2 Å². The Labute approximate surface area is 130 Å². The first-order chi connectivity index (χ1) is 10.0. The second kappa shape index (κ2) is 7.42. The van der Waals surface area contributed by atoms with Crippen molar-refractivity contribution >= 4 is 0 Å². The molecule has 0 aliphatic carbocycles. The SMILES string of the molecule is CCNC(CN1CCCC(C)(C)CC1)c1ccccc1C. The lowest BCUT2D eigenvalue weighted by Crippen LogP contribution is -2.36. The van der Waals surface area contributed by atoms with E-state index in [-0.39, 0.29) is 0 Å². The highest BCUT2D eigenvalue weighted by atomic mass is 15.1. The predicted molar refractivity (Wildman–Crippen MR) is 91.7 cm³/mol. The largest absolute Gasteiger partial charge is 0.309 e. The summed E-state index contributed by atoms with van der Waals surface area (Å²) in [6, 6.07) is 9.27. The molecule has 1 aliphatic heterocycles. The van der Waals surface area contributed by atoms with Gasteiger partial charge in [-0.15, -0.1) is 0 Å². The fourth-order valence-electron chi connectivity index (χ4n) is 3.42. The van der Waals surface area contributed by atoms with Crippen LogP contribution in [-0.2, 0) is 0 Å². The molecular weight excluding hydrogens is 256 g/mol. The number of rotatable bonds is 5. The number of aryl methyl sites for hydroxylation is 1. The summed E-state index contributed by atoms with van der Waals surface area (Å²) in [5, 5.41) is 3.69. The third-order valence-corrected chi connectivity index (χ3v) is 4.89. The molecule has 1 fully saturated rings. The Morgan fingerprint density at radius 2 is 1.95 bits per heavy atom. The molecule has 1 N–H and O–H groups in total. The molecule has 0 radical (unpaired) electrons. The minimum Gasteiger partial charge on any atom is -0.309 e. The zero-order chi connectivity index (χ0) is 15.3. The molecule has 1 saturated heterocycles. The van der Waals surface area contributed by atoms with Gasteiger partial charge in [-0.1, -0.05) is 45.0 Å². The summed E-state index contributed by atoms with van der Waals surface area (Å²) < 4.78 is 0. The van der Waals surface area contributed by atoms with E-state index >= 15 is 0 Å². The molecular formula is C19H32N2. The number of likely N-dealkylation sites (N-methyl/N-ethyl adjacent to an activating group) is 1. The highest BCUT2D eigenvalue weighted by Crippen LogP contribution is 2.30. The summed E-state index contributed by atoms with van der Waals surface area (Å²) >= 11 is 0. The molecule has 0 bridgehead atoms. The van der Waals surface area contributed by atoms with Gasteiger partial charge in [-0.3, -0.25) is 0 Å². The summed E-state index contributed by atoms with van der Waals surface area (Å²) in [5.74, 6) is 0. The standard InChI is InChI=1S/C19H32N2/c1-5-20-18(17-10-7-6-9-16(17)2)15-21-13-8-11-19(3,4)12-14-21/h6-7,9-10,18,20H,5,8,11-15H2,1-4H3. The van der Waals surface area contributed by atoms with Gasteiger partial charge < -0.3 is 10.2 Å². The van der Waals surface area contributed by atoms with Crippen molar-refractivity contribution < 1.29 is 0 Å². The van der Waals surface area contributed by atoms with Crippen molar-refractivity contribution in [2.24, 2.45) is 5.41 Å². The van der Waals surface area contributed by atoms with Crippen LogP contribution in [0.2, 0.25) is 0 Å². The van der Waals surface area contributed by atoms with Gasteiger partial charge >= 0.3 is 0 Å². The smallest absolute Gasteiger partial charge is 0.0451 e. The molecule has 0 saturated carbocycles. The maximum Gasteiger partial charge on any atom is 0.0451 e. The summed E-state index contributed by atoms with van der Waals surface area (Å²) in [6.07, 6.45) is 4.01. The van der Waals surface area contributed by atoms with Gasteiger partial charge in [0.25, 0.3) is 0 Å². The van der Waals surface area contributed by atoms with Crippen LogP contribution >= 0.6 is 0 Å². The van der Waals surface area contributed by atoms with Crippen LogP contribution < -0.4 is 5.32 Å². The molecule has 0 aromatic heterocycles. The first kappa shape index (κ1) is 16.5. The minimum absolute atomic E-state index is 0.456. The highest BCUT2D eigenvalue weighted by molar-refractivity contribution is 5.29. The third kappa shape index (κ3) is 4.82. The third-order valence-electron chi connectivity index (χ3n) is 4.89. The first-order valence-electron chi connectivity index (χ1n) is 8.53. The van der Waals surface area contributed by atoms with Crippen LogP contribution in [0.3, 0.4) is 0 Å². The van der Waals surface area contributed by atoms with Crippen molar-refractivity contribution in [1.29, 1.82) is 0 Å². The maximum absolute atomic E-state index is 3.69. The van der Waals surface area contributed by atoms with Crippen LogP contribution in [0.15, 0.2) is 24.3 Å². The Bertz CT molecular complexity index is 439. The van der Waals surface area contributed by atoms with E-state index in [2.05, 4.69) is 62.2 Å². The van der Waals surface area contributed by atoms with Gasteiger partial charge in [0.2, 0.25) is 0 Å². The number of benzene rings is 1. The summed E-state index contributed by atoms with van der Waals surface area (Å²) in [6.45, 7) is 13.9. The predicted octanol–water partition coefficient (Wildman–Crippen LogP) is 4.16. The molecule has 1 unspecified atom stereocenters. The van der Waals surface area contributed by atoms with Crippen LogP contribution in [0.5, 0.6) is 0 Å². The Morgan fingerprint density at radius 3 is 2.67 bits per heavy atom. The van der Waals surface area contributed by atoms with E-state index < -0.39 is 0 Å². The number of nitrogens with zero attached hydrogens (tertiary/aromatic N) is 1. The first-order valence-corrected chi connectivity index (χ1v) is 8.53. The van der Waals surface area contributed by atoms with Crippen molar-refractivity contribution in [1.82, 2.24) is 10.2 Å². The van der Waals surface area contributed by atoms with Crippen LogP contribution in [0.4, 0.5) is 0 Å². The van der Waals surface area contributed by atoms with Gasteiger partial charge in [0.05, 0.1) is 0 Å². The minimum atomic E-state index is 0.456. The lowest BCUT2D eigenvalue weighted by molar-refractivity contribution is 0.238. The molecule has 2 nitrogen and oxygen atoms in total. The van der Waals surface area contributed by atoms with Crippen molar-refractivity contribution in [3.05, 3.63) is 35.4 Å². The fourth-order valence-corrected chi connectivity index (χ4v) is 3.42. The maximum atomic E-state index is 3.69. The van der Waals surface area contributed by atoms with Gasteiger partial charge in [0.1, 0.15) is 0 Å². The summed E-state index contributed by atoms with van der Waals surface area (Å²) in [5.41, 5.74) is 3.38. The van der Waals surface area contributed by atoms with Gasteiger partial charge in [-0.05, 0) is 62.4 Å². The average Bonchev–Trinajstić information content (AvgIpc) is 2.60. The molecule has 1 heterocycles. The van der Waals surface area contributed by atoms with Crippen LogP contribution in [0, 0.1) is 12.3 Å². The molecule has 21 heavy (non-hydrogen) atoms. The van der Waals surface area contributed by atoms with E-state index in [1.807, 2.05) is 0 Å². The molecule has 118 valence electrons. The average molecular weight is 288 g/mol. The number of hydrogen-bond donors (Lipinski definition) is 1. The van der Waals surface area contributed by atoms with E-state index in [0.717, 1.165) is 13.1 Å². The van der Waals surface area contributed by atoms with E-state index in [1.165, 1.54) is 43.5 Å². The molecule has 2 rings (SSSR count). The fraction of sp³-hybridized carbons (Fsp3) is 0.684. The normalized spacial score (nSPS) is 21.0. The van der Waals surface area contributed by atoms with Crippen LogP contribution in [-0.4, -0.2) is 31.1 Å². The molecule has 2 heteroatoms. The topological polar surface area (TPSA) is 15.3 Å². The Morgan fingerprint density at radius 1 is 1.19 bits per heavy atom. The van der Waals surface area contributed by atoms with E-state index in [4.69, 9.17) is 0 Å². The van der Waals surface area contributed by atoms with E-state index in [9.17, 15) is 0 Å². The van der Waals surface area contributed by atoms with Crippen molar-refractivity contribution in [3.8, 4) is 0 Å². The Kier molecular flexibility index (Phi) is 5.83. The zero-order valence-electron chi connectivity index (χ0n) is 14.3. The van der Waals surface area contributed by atoms with Crippen molar-refractivity contribution in [2.45, 2.75) is 53.0 Å². The summed E-state index contributed by atoms with van der Waals surface area (Å²) in [7, 11) is 0. The van der Waals surface area contributed by atoms with Crippen LogP contribution in [0.25, 0.3) is 0 Å². The van der Waals surface area contributed by atoms with Gasteiger partial charge in [-0.2, -0.15) is 0 Å². The highest BCUT2D eigenvalue weighted by Gasteiger charge is 2.24. The second-order valence-corrected chi connectivity index (χ2v) is 7.29. The van der Waals surface area contributed by atoms with Crippen molar-refractivity contribution in [2.75, 3.05) is 26.2 Å². The quantitative estimate of drug-likeness (QED) is 0.875. The number of hydrogen-bond acceptors (Lipinski definition) is 2. The monoisotopic (exact) mass is 288 g/mol. The Hall–Kier alpha value is -0.860. The lowest BCUT2D eigenvalue weighted by Gasteiger charge is -2.29. The molecule has 1 aromatic carbocycles. The number of likely N-dealkylation sites (tertiary alicyclic amines) is 1. The van der Waals surface area contributed by atoms with E-state index in [1.54, 1.807) is 0 Å². The molecule has 0 spiro atoms. The molecule has 0 amide bonds. The Balaban J connectivity index is 2.05. The molecule has 1 aliphatic rings. The second-order valence-electron chi connectivity index (χ2n) is 7.29. The lowest BCUT2D eigenvalue weighted by atomic mass is 9.85. The van der Waals surface area contributed by atoms with Crippen molar-refractivity contribution in [3.63, 3.8) is 0 Å². The molecule has 1 atom stereocenters. The van der Waals surface area contributed by atoms with Gasteiger partial charge in [-0.25, -0.2) is 0 Å². The summed E-state index contributed by atoms with van der Waals surface area (Å²) in [4.78, 5) is 2.66. The van der Waals surface area contributed by atoms with Gasteiger partial charge in [0, 0.05) is 12.6 Å². The number of nitrogens with one attached hydrogen (secondary N) is 1. The molecule has 1 aromatic rings. The zero-order valence-corrected chi connectivity index (χ0v) is 14.3.